The lowest BCUT2D eigenvalue weighted by Crippen LogP contribution is -2.31. The van der Waals surface area contributed by atoms with Gasteiger partial charge in [-0.25, -0.2) is 0 Å². The minimum Gasteiger partial charge on any atom is -0.619 e. The smallest absolute Gasteiger partial charge is 0.180 e. The van der Waals surface area contributed by atoms with E-state index >= 15 is 0 Å². The molecule has 0 spiro atoms. The minimum absolute atomic E-state index is 0.844. The SMILES string of the molecule is [O-][n+]1ccc(CN2CCC(=C3c4ccccc4C=Cc4ccccc43)CC2)cc1. The largest absolute Gasteiger partial charge is 0.619 e. The standard InChI is InChI=1S/C26H24N2O/c29-28-17-11-20(12-18-28)19-27-15-13-23(14-16-27)26-24-7-3-1-5-21(24)9-10-22-6-2-4-8-25(22)26/h1-12,17-18H,13-16,19H2. The van der Waals surface area contributed by atoms with Gasteiger partial charge in [-0.1, -0.05) is 66.3 Å². The molecule has 0 bridgehead atoms. The van der Waals surface area contributed by atoms with Gasteiger partial charge in [0.05, 0.1) is 0 Å². The molecule has 0 amide bonds. The van der Waals surface area contributed by atoms with E-state index in [1.807, 2.05) is 12.1 Å². The Bertz CT molecular complexity index is 1030. The van der Waals surface area contributed by atoms with Crippen LogP contribution in [0.3, 0.4) is 0 Å². The van der Waals surface area contributed by atoms with Crippen LogP contribution in [-0.4, -0.2) is 18.0 Å². The van der Waals surface area contributed by atoms with Gasteiger partial charge in [0.25, 0.3) is 0 Å². The van der Waals surface area contributed by atoms with E-state index < -0.39 is 0 Å². The van der Waals surface area contributed by atoms with Crippen LogP contribution in [0.15, 0.2) is 78.6 Å². The van der Waals surface area contributed by atoms with Crippen LogP contribution in [-0.2, 0) is 6.54 Å². The van der Waals surface area contributed by atoms with E-state index in [9.17, 15) is 5.21 Å². The Hall–Kier alpha value is -3.17. The normalized spacial score (nSPS) is 16.3. The third kappa shape index (κ3) is 3.62. The highest BCUT2D eigenvalue weighted by Gasteiger charge is 2.22. The molecule has 1 aliphatic heterocycles. The maximum Gasteiger partial charge on any atom is 0.180 e. The summed E-state index contributed by atoms with van der Waals surface area (Å²) in [4.78, 5) is 2.49. The van der Waals surface area contributed by atoms with E-state index in [-0.39, 0.29) is 0 Å². The van der Waals surface area contributed by atoms with Crippen molar-refractivity contribution in [3.63, 3.8) is 0 Å². The van der Waals surface area contributed by atoms with Crippen molar-refractivity contribution in [3.8, 4) is 0 Å². The predicted molar refractivity (Wildman–Crippen MR) is 118 cm³/mol. The van der Waals surface area contributed by atoms with Crippen LogP contribution in [0.1, 0.15) is 40.7 Å². The monoisotopic (exact) mass is 380 g/mol. The summed E-state index contributed by atoms with van der Waals surface area (Å²) in [6, 6.07) is 21.3. The second-order valence-corrected chi connectivity index (χ2v) is 7.83. The minimum atomic E-state index is 0.844. The molecular formula is C26H24N2O. The average Bonchev–Trinajstić information content (AvgIpc) is 2.93. The summed E-state index contributed by atoms with van der Waals surface area (Å²) < 4.78 is 0.844. The molecule has 3 nitrogen and oxygen atoms in total. The Labute approximate surface area is 171 Å². The van der Waals surface area contributed by atoms with E-state index in [1.165, 1.54) is 33.4 Å². The Morgan fingerprint density at radius 3 is 1.90 bits per heavy atom. The van der Waals surface area contributed by atoms with Gasteiger partial charge in [-0.15, -0.1) is 0 Å². The number of nitrogens with zero attached hydrogens (tertiary/aromatic N) is 2. The molecule has 29 heavy (non-hydrogen) atoms. The molecular weight excluding hydrogens is 356 g/mol. The van der Waals surface area contributed by atoms with Crippen LogP contribution in [0, 0.1) is 5.21 Å². The topological polar surface area (TPSA) is 30.2 Å². The Balaban J connectivity index is 1.46. The molecule has 2 aliphatic rings. The highest BCUT2D eigenvalue weighted by Crippen LogP contribution is 2.38. The lowest BCUT2D eigenvalue weighted by molar-refractivity contribution is -0.605. The summed E-state index contributed by atoms with van der Waals surface area (Å²) in [6.07, 6.45) is 9.81. The summed E-state index contributed by atoms with van der Waals surface area (Å²) in [7, 11) is 0. The highest BCUT2D eigenvalue weighted by atomic mass is 16.5. The fraction of sp³-hybridized carbons (Fsp3) is 0.192. The van der Waals surface area contributed by atoms with Crippen molar-refractivity contribution in [2.24, 2.45) is 0 Å². The van der Waals surface area contributed by atoms with Crippen LogP contribution >= 0.6 is 0 Å². The van der Waals surface area contributed by atoms with Gasteiger partial charge in [-0.05, 0) is 46.2 Å². The van der Waals surface area contributed by atoms with Crippen molar-refractivity contribution >= 4 is 17.7 Å². The number of likely N-dealkylation sites (tertiary alicyclic amines) is 1. The fourth-order valence-corrected chi connectivity index (χ4v) is 4.48. The molecule has 0 atom stereocenters. The molecule has 2 aromatic carbocycles. The van der Waals surface area contributed by atoms with Gasteiger partial charge in [0.15, 0.2) is 12.4 Å². The molecule has 1 aliphatic carbocycles. The molecule has 0 saturated carbocycles. The molecule has 144 valence electrons. The fourth-order valence-electron chi connectivity index (χ4n) is 4.48. The lowest BCUT2D eigenvalue weighted by atomic mass is 9.86. The summed E-state index contributed by atoms with van der Waals surface area (Å²) in [6.45, 7) is 2.99. The summed E-state index contributed by atoms with van der Waals surface area (Å²) in [5.41, 5.74) is 9.46. The number of piperidine rings is 1. The molecule has 5 rings (SSSR count). The highest BCUT2D eigenvalue weighted by molar-refractivity contribution is 5.94. The van der Waals surface area contributed by atoms with Gasteiger partial charge in [0.2, 0.25) is 0 Å². The molecule has 0 unspecified atom stereocenters. The van der Waals surface area contributed by atoms with Gasteiger partial charge in [0.1, 0.15) is 0 Å². The zero-order valence-electron chi connectivity index (χ0n) is 16.4. The first-order valence-electron chi connectivity index (χ1n) is 10.3. The molecule has 3 heteroatoms. The van der Waals surface area contributed by atoms with E-state index in [4.69, 9.17) is 0 Å². The Kier molecular flexibility index (Phi) is 4.74. The average molecular weight is 380 g/mol. The summed E-state index contributed by atoms with van der Waals surface area (Å²) >= 11 is 0. The van der Waals surface area contributed by atoms with E-state index in [0.717, 1.165) is 37.2 Å². The van der Waals surface area contributed by atoms with Crippen LogP contribution in [0.4, 0.5) is 0 Å². The first-order chi connectivity index (χ1) is 14.3. The molecule has 1 saturated heterocycles. The van der Waals surface area contributed by atoms with Gasteiger partial charge < -0.3 is 5.21 Å². The zero-order chi connectivity index (χ0) is 19.6. The number of aromatic nitrogens is 1. The van der Waals surface area contributed by atoms with Crippen molar-refractivity contribution in [1.82, 2.24) is 4.90 Å². The Morgan fingerprint density at radius 1 is 0.759 bits per heavy atom. The third-order valence-corrected chi connectivity index (χ3v) is 5.99. The van der Waals surface area contributed by atoms with Gasteiger partial charge in [-0.2, -0.15) is 4.73 Å². The van der Waals surface area contributed by atoms with E-state index in [1.54, 1.807) is 18.0 Å². The molecule has 0 N–H and O–H groups in total. The molecule has 2 heterocycles. The van der Waals surface area contributed by atoms with Gasteiger partial charge in [-0.3, -0.25) is 4.90 Å². The second-order valence-electron chi connectivity index (χ2n) is 7.83. The molecule has 3 aromatic rings. The molecule has 1 fully saturated rings. The number of hydrogen-bond acceptors (Lipinski definition) is 2. The van der Waals surface area contributed by atoms with Crippen LogP contribution < -0.4 is 4.73 Å². The number of benzene rings is 2. The Morgan fingerprint density at radius 2 is 1.31 bits per heavy atom. The molecule has 0 radical (unpaired) electrons. The van der Waals surface area contributed by atoms with Crippen molar-refractivity contribution in [1.29, 1.82) is 0 Å². The summed E-state index contributed by atoms with van der Waals surface area (Å²) in [5.74, 6) is 0. The van der Waals surface area contributed by atoms with Crippen LogP contribution in [0.2, 0.25) is 0 Å². The van der Waals surface area contributed by atoms with Crippen molar-refractivity contribution < 1.29 is 4.73 Å². The maximum atomic E-state index is 11.3. The molecule has 1 aromatic heterocycles. The number of hydrogen-bond donors (Lipinski definition) is 0. The second kappa shape index (κ2) is 7.69. The van der Waals surface area contributed by atoms with Gasteiger partial charge in [0, 0.05) is 31.8 Å². The van der Waals surface area contributed by atoms with E-state index in [2.05, 4.69) is 65.6 Å². The first-order valence-corrected chi connectivity index (χ1v) is 10.3. The lowest BCUT2D eigenvalue weighted by Gasteiger charge is -2.30. The predicted octanol–water partition coefficient (Wildman–Crippen LogP) is 4.90. The van der Waals surface area contributed by atoms with E-state index in [0.29, 0.717) is 0 Å². The third-order valence-electron chi connectivity index (χ3n) is 5.99. The first kappa shape index (κ1) is 17.9. The quantitative estimate of drug-likeness (QED) is 0.366. The van der Waals surface area contributed by atoms with Crippen molar-refractivity contribution in [2.45, 2.75) is 19.4 Å². The van der Waals surface area contributed by atoms with Gasteiger partial charge >= 0.3 is 0 Å². The van der Waals surface area contributed by atoms with Crippen molar-refractivity contribution in [3.05, 3.63) is 112 Å². The maximum absolute atomic E-state index is 11.3. The van der Waals surface area contributed by atoms with Crippen molar-refractivity contribution in [2.75, 3.05) is 13.1 Å². The number of pyridine rings is 1. The van der Waals surface area contributed by atoms with Crippen LogP contribution in [0.5, 0.6) is 0 Å². The number of fused-ring (bicyclic) bond motifs is 2. The van der Waals surface area contributed by atoms with Crippen LogP contribution in [0.25, 0.3) is 17.7 Å². The number of rotatable bonds is 2. The summed E-state index contributed by atoms with van der Waals surface area (Å²) in [5, 5.41) is 11.3. The zero-order valence-corrected chi connectivity index (χ0v) is 16.4.